The smallest absolute Gasteiger partial charge is 0.237 e. The molecular weight excluding hydrogens is 254 g/mol. The van der Waals surface area contributed by atoms with E-state index in [0.29, 0.717) is 6.04 Å². The van der Waals surface area contributed by atoms with Crippen molar-refractivity contribution in [2.45, 2.75) is 57.7 Å². The summed E-state index contributed by atoms with van der Waals surface area (Å²) in [5, 5.41) is 15.8. The second kappa shape index (κ2) is 7.38. The summed E-state index contributed by atoms with van der Waals surface area (Å²) in [6, 6.07) is 0.421. The monoisotopic (exact) mass is 283 g/mol. The maximum absolute atomic E-state index is 12.5. The maximum Gasteiger partial charge on any atom is 0.237 e. The van der Waals surface area contributed by atoms with Crippen molar-refractivity contribution in [2.24, 2.45) is 5.92 Å². The molecule has 2 aliphatic heterocycles. The first-order valence-electron chi connectivity index (χ1n) is 8.01. The minimum absolute atomic E-state index is 0.00546. The van der Waals surface area contributed by atoms with Crippen molar-refractivity contribution in [1.29, 1.82) is 0 Å². The van der Waals surface area contributed by atoms with Crippen molar-refractivity contribution in [3.8, 4) is 0 Å². The molecule has 0 saturated carbocycles. The Morgan fingerprint density at radius 2 is 2.05 bits per heavy atom. The number of piperidine rings is 1. The Morgan fingerprint density at radius 1 is 1.35 bits per heavy atom. The third-order valence-electron chi connectivity index (χ3n) is 4.70. The van der Waals surface area contributed by atoms with Gasteiger partial charge in [0.2, 0.25) is 5.91 Å². The van der Waals surface area contributed by atoms with Crippen LogP contribution in [0, 0.1) is 5.92 Å². The van der Waals surface area contributed by atoms with E-state index in [9.17, 15) is 9.90 Å². The molecule has 0 aromatic heterocycles. The fraction of sp³-hybridized carbons (Fsp3) is 0.933. The lowest BCUT2D eigenvalue weighted by Gasteiger charge is -2.35. The summed E-state index contributed by atoms with van der Waals surface area (Å²) in [4.78, 5) is 14.9. The largest absolute Gasteiger partial charge is 0.394 e. The summed E-state index contributed by atoms with van der Waals surface area (Å²) in [6.45, 7) is 7.22. The Balaban J connectivity index is 1.93. The third-order valence-corrected chi connectivity index (χ3v) is 4.70. The topological polar surface area (TPSA) is 64.6 Å². The van der Waals surface area contributed by atoms with Crippen LogP contribution in [0.3, 0.4) is 0 Å². The number of nitrogens with one attached hydrogen (secondary N) is 2. The first-order valence-corrected chi connectivity index (χ1v) is 8.01. The Kier molecular flexibility index (Phi) is 5.81. The molecule has 116 valence electrons. The van der Waals surface area contributed by atoms with Crippen molar-refractivity contribution in [3.05, 3.63) is 0 Å². The SMILES string of the molecule is CC(C)C(CO)NC(=O)C1CCCN1C1CCNCC1. The fourth-order valence-corrected chi connectivity index (χ4v) is 3.35. The second-order valence-corrected chi connectivity index (χ2v) is 6.42. The minimum Gasteiger partial charge on any atom is -0.394 e. The molecule has 5 heteroatoms. The number of nitrogens with zero attached hydrogens (tertiary/aromatic N) is 1. The summed E-state index contributed by atoms with van der Waals surface area (Å²) in [5.41, 5.74) is 0. The molecule has 0 aliphatic carbocycles. The minimum atomic E-state index is -0.127. The van der Waals surface area contributed by atoms with Crippen LogP contribution in [0.25, 0.3) is 0 Å². The zero-order valence-corrected chi connectivity index (χ0v) is 12.8. The van der Waals surface area contributed by atoms with Gasteiger partial charge in [0.05, 0.1) is 18.7 Å². The molecule has 1 amide bonds. The first kappa shape index (κ1) is 15.7. The van der Waals surface area contributed by atoms with Gasteiger partial charge in [-0.15, -0.1) is 0 Å². The molecule has 2 fully saturated rings. The van der Waals surface area contributed by atoms with E-state index in [1.807, 2.05) is 13.8 Å². The number of carbonyl (C=O) groups is 1. The zero-order chi connectivity index (χ0) is 14.5. The lowest BCUT2D eigenvalue weighted by atomic mass is 10.0. The second-order valence-electron chi connectivity index (χ2n) is 6.42. The number of rotatable bonds is 5. The lowest BCUT2D eigenvalue weighted by Crippen LogP contribution is -2.53. The van der Waals surface area contributed by atoms with Crippen LogP contribution in [-0.2, 0) is 4.79 Å². The average Bonchev–Trinajstić information content (AvgIpc) is 2.94. The van der Waals surface area contributed by atoms with Crippen molar-refractivity contribution >= 4 is 5.91 Å². The standard InChI is InChI=1S/C15H29N3O2/c1-11(2)13(10-19)17-15(20)14-4-3-9-18(14)12-5-7-16-8-6-12/h11-14,16,19H,3-10H2,1-2H3,(H,17,20). The molecule has 2 rings (SSSR count). The van der Waals surface area contributed by atoms with Crippen molar-refractivity contribution in [3.63, 3.8) is 0 Å². The van der Waals surface area contributed by atoms with Gasteiger partial charge in [-0.25, -0.2) is 0 Å². The molecule has 2 unspecified atom stereocenters. The number of aliphatic hydroxyl groups excluding tert-OH is 1. The van der Waals surface area contributed by atoms with Gasteiger partial charge in [-0.2, -0.15) is 0 Å². The van der Waals surface area contributed by atoms with Crippen LogP contribution >= 0.6 is 0 Å². The molecule has 2 aliphatic rings. The number of amides is 1. The van der Waals surface area contributed by atoms with Gasteiger partial charge in [0, 0.05) is 6.04 Å². The summed E-state index contributed by atoms with van der Waals surface area (Å²) in [5.74, 6) is 0.367. The van der Waals surface area contributed by atoms with Crippen molar-refractivity contribution in [2.75, 3.05) is 26.2 Å². The highest BCUT2D eigenvalue weighted by atomic mass is 16.3. The van der Waals surface area contributed by atoms with Crippen LogP contribution < -0.4 is 10.6 Å². The van der Waals surface area contributed by atoms with Crippen LogP contribution in [0.2, 0.25) is 0 Å². The molecule has 0 aromatic rings. The highest BCUT2D eigenvalue weighted by molar-refractivity contribution is 5.82. The van der Waals surface area contributed by atoms with Gasteiger partial charge in [0.1, 0.15) is 0 Å². The number of hydrogen-bond donors (Lipinski definition) is 3. The summed E-state index contributed by atoms with van der Waals surface area (Å²) in [6.07, 6.45) is 4.33. The summed E-state index contributed by atoms with van der Waals surface area (Å²) in [7, 11) is 0. The van der Waals surface area contributed by atoms with Gasteiger partial charge in [-0.1, -0.05) is 13.8 Å². The quantitative estimate of drug-likeness (QED) is 0.681. The number of hydrogen-bond acceptors (Lipinski definition) is 4. The maximum atomic E-state index is 12.5. The Labute approximate surface area is 122 Å². The van der Waals surface area contributed by atoms with Gasteiger partial charge in [0.15, 0.2) is 0 Å². The van der Waals surface area contributed by atoms with E-state index in [0.717, 1.165) is 45.3 Å². The van der Waals surface area contributed by atoms with Gasteiger partial charge < -0.3 is 15.7 Å². The zero-order valence-electron chi connectivity index (χ0n) is 12.8. The molecule has 0 radical (unpaired) electrons. The molecule has 20 heavy (non-hydrogen) atoms. The van der Waals surface area contributed by atoms with Crippen LogP contribution in [0.1, 0.15) is 39.5 Å². The van der Waals surface area contributed by atoms with Crippen molar-refractivity contribution in [1.82, 2.24) is 15.5 Å². The highest BCUT2D eigenvalue weighted by Crippen LogP contribution is 2.24. The van der Waals surface area contributed by atoms with Gasteiger partial charge in [-0.3, -0.25) is 9.69 Å². The highest BCUT2D eigenvalue weighted by Gasteiger charge is 2.36. The van der Waals surface area contributed by atoms with Crippen molar-refractivity contribution < 1.29 is 9.90 Å². The number of likely N-dealkylation sites (tertiary alicyclic amines) is 1. The Bertz CT molecular complexity index is 316. The van der Waals surface area contributed by atoms with E-state index < -0.39 is 0 Å². The predicted octanol–water partition coefficient (Wildman–Crippen LogP) is 0.336. The van der Waals surface area contributed by atoms with Crippen LogP contribution in [0.5, 0.6) is 0 Å². The van der Waals surface area contributed by atoms with Crippen LogP contribution in [0.4, 0.5) is 0 Å². The molecule has 5 nitrogen and oxygen atoms in total. The normalized spacial score (nSPS) is 26.9. The van der Waals surface area contributed by atoms with E-state index >= 15 is 0 Å². The van der Waals surface area contributed by atoms with E-state index in [4.69, 9.17) is 0 Å². The van der Waals surface area contributed by atoms with E-state index in [1.165, 1.54) is 0 Å². The molecule has 0 bridgehead atoms. The van der Waals surface area contributed by atoms with Gasteiger partial charge >= 0.3 is 0 Å². The van der Waals surface area contributed by atoms with Crippen LogP contribution in [-0.4, -0.2) is 60.3 Å². The van der Waals surface area contributed by atoms with Gasteiger partial charge in [-0.05, 0) is 51.2 Å². The Hall–Kier alpha value is -0.650. The molecule has 0 spiro atoms. The average molecular weight is 283 g/mol. The van der Waals surface area contributed by atoms with E-state index in [-0.39, 0.29) is 30.5 Å². The predicted molar refractivity (Wildman–Crippen MR) is 79.5 cm³/mol. The van der Waals surface area contributed by atoms with Crippen LogP contribution in [0.15, 0.2) is 0 Å². The lowest BCUT2D eigenvalue weighted by molar-refractivity contribution is -0.127. The molecule has 2 saturated heterocycles. The van der Waals surface area contributed by atoms with Gasteiger partial charge in [0.25, 0.3) is 0 Å². The van der Waals surface area contributed by atoms with E-state index in [2.05, 4.69) is 15.5 Å². The fourth-order valence-electron chi connectivity index (χ4n) is 3.35. The molecule has 2 heterocycles. The summed E-state index contributed by atoms with van der Waals surface area (Å²) >= 11 is 0. The molecule has 2 atom stereocenters. The number of carbonyl (C=O) groups excluding carboxylic acids is 1. The molecular formula is C15H29N3O2. The Morgan fingerprint density at radius 3 is 2.65 bits per heavy atom. The molecule has 3 N–H and O–H groups in total. The number of aliphatic hydroxyl groups is 1. The summed E-state index contributed by atoms with van der Waals surface area (Å²) < 4.78 is 0. The first-order chi connectivity index (χ1) is 9.63. The molecule has 0 aromatic carbocycles. The van der Waals surface area contributed by atoms with E-state index in [1.54, 1.807) is 0 Å². The third kappa shape index (κ3) is 3.71.